The van der Waals surface area contributed by atoms with Crippen molar-refractivity contribution >= 4 is 23.5 Å². The monoisotopic (exact) mass is 312 g/mol. The summed E-state index contributed by atoms with van der Waals surface area (Å²) in [6.45, 7) is 0. The second kappa shape index (κ2) is 6.82. The summed E-state index contributed by atoms with van der Waals surface area (Å²) < 4.78 is 1.68. The smallest absolute Gasteiger partial charge is 0.162 e. The minimum atomic E-state index is 0.499. The highest BCUT2D eigenvalue weighted by Crippen LogP contribution is 2.20. The van der Waals surface area contributed by atoms with Gasteiger partial charge in [0.2, 0.25) is 0 Å². The van der Waals surface area contributed by atoms with Crippen molar-refractivity contribution in [1.29, 1.82) is 0 Å². The molecule has 22 heavy (non-hydrogen) atoms. The lowest BCUT2D eigenvalue weighted by Crippen LogP contribution is -2.04. The van der Waals surface area contributed by atoms with Gasteiger partial charge in [-0.1, -0.05) is 41.9 Å². The standard InChI is InChI=1S/C15H13ClN6/c16-13-8-4-5-9-14(13)18-17-11-10-15-19-20-21-22(15)12-6-2-1-3-7-12/h1-9,11,18H,10H2/b17-11+. The predicted molar refractivity (Wildman–Crippen MR) is 86.4 cm³/mol. The minimum Gasteiger partial charge on any atom is -0.277 e. The van der Waals surface area contributed by atoms with Gasteiger partial charge in [-0.2, -0.15) is 9.78 Å². The molecule has 1 heterocycles. The van der Waals surface area contributed by atoms with Gasteiger partial charge < -0.3 is 0 Å². The van der Waals surface area contributed by atoms with Crippen LogP contribution in [0.2, 0.25) is 5.02 Å². The fraction of sp³-hybridized carbons (Fsp3) is 0.0667. The molecule has 0 fully saturated rings. The first kappa shape index (κ1) is 14.2. The van der Waals surface area contributed by atoms with Crippen LogP contribution in [-0.4, -0.2) is 26.4 Å². The summed E-state index contributed by atoms with van der Waals surface area (Å²) in [5.41, 5.74) is 4.56. The van der Waals surface area contributed by atoms with Crippen LogP contribution in [0.15, 0.2) is 59.7 Å². The third-order valence-electron chi connectivity index (χ3n) is 2.96. The predicted octanol–water partition coefficient (Wildman–Crippen LogP) is 2.96. The van der Waals surface area contributed by atoms with E-state index in [0.717, 1.165) is 11.4 Å². The molecule has 0 saturated heterocycles. The van der Waals surface area contributed by atoms with Gasteiger partial charge in [-0.25, -0.2) is 0 Å². The van der Waals surface area contributed by atoms with Gasteiger partial charge >= 0.3 is 0 Å². The van der Waals surface area contributed by atoms with Crippen molar-refractivity contribution in [2.75, 3.05) is 5.43 Å². The Kier molecular flexibility index (Phi) is 4.41. The van der Waals surface area contributed by atoms with Crippen molar-refractivity contribution in [1.82, 2.24) is 20.2 Å². The second-order valence-electron chi connectivity index (χ2n) is 4.45. The molecule has 0 bridgehead atoms. The van der Waals surface area contributed by atoms with E-state index in [1.54, 1.807) is 17.0 Å². The third kappa shape index (κ3) is 3.29. The average Bonchev–Trinajstić information content (AvgIpc) is 3.02. The fourth-order valence-corrected chi connectivity index (χ4v) is 2.08. The molecule has 0 spiro atoms. The first-order valence-corrected chi connectivity index (χ1v) is 7.07. The molecule has 0 amide bonds. The van der Waals surface area contributed by atoms with E-state index in [2.05, 4.69) is 26.1 Å². The van der Waals surface area contributed by atoms with Gasteiger partial charge in [-0.3, -0.25) is 5.43 Å². The van der Waals surface area contributed by atoms with Crippen LogP contribution in [0.1, 0.15) is 5.82 Å². The molecule has 110 valence electrons. The van der Waals surface area contributed by atoms with Crippen molar-refractivity contribution < 1.29 is 0 Å². The van der Waals surface area contributed by atoms with E-state index in [0.29, 0.717) is 17.3 Å². The number of aromatic nitrogens is 4. The zero-order chi connectivity index (χ0) is 15.2. The van der Waals surface area contributed by atoms with Crippen LogP contribution >= 0.6 is 11.6 Å². The third-order valence-corrected chi connectivity index (χ3v) is 3.29. The number of hydrazone groups is 1. The van der Waals surface area contributed by atoms with Gasteiger partial charge in [-0.15, -0.1) is 5.10 Å². The summed E-state index contributed by atoms with van der Waals surface area (Å²) in [7, 11) is 0. The maximum Gasteiger partial charge on any atom is 0.162 e. The number of nitrogens with one attached hydrogen (secondary N) is 1. The maximum absolute atomic E-state index is 6.04. The topological polar surface area (TPSA) is 68.0 Å². The van der Waals surface area contributed by atoms with Crippen molar-refractivity contribution in [3.8, 4) is 5.69 Å². The lowest BCUT2D eigenvalue weighted by molar-refractivity contribution is 0.776. The van der Waals surface area contributed by atoms with Gasteiger partial charge in [-0.05, 0) is 34.7 Å². The number of anilines is 1. The van der Waals surface area contributed by atoms with Gasteiger partial charge in [0.05, 0.1) is 16.4 Å². The van der Waals surface area contributed by atoms with Crippen LogP contribution in [0.3, 0.4) is 0 Å². The van der Waals surface area contributed by atoms with Crippen LogP contribution < -0.4 is 5.43 Å². The number of hydrogen-bond donors (Lipinski definition) is 1. The number of tetrazole rings is 1. The first-order valence-electron chi connectivity index (χ1n) is 6.69. The number of halogens is 1. The summed E-state index contributed by atoms with van der Waals surface area (Å²) in [6.07, 6.45) is 2.20. The van der Waals surface area contributed by atoms with E-state index in [1.807, 2.05) is 48.5 Å². The molecule has 0 aliphatic rings. The van der Waals surface area contributed by atoms with Crippen molar-refractivity contribution in [2.24, 2.45) is 5.10 Å². The number of para-hydroxylation sites is 2. The molecule has 3 aromatic rings. The lowest BCUT2D eigenvalue weighted by atomic mass is 10.3. The highest BCUT2D eigenvalue weighted by Gasteiger charge is 2.06. The zero-order valence-electron chi connectivity index (χ0n) is 11.6. The van der Waals surface area contributed by atoms with Crippen LogP contribution in [0.5, 0.6) is 0 Å². The minimum absolute atomic E-state index is 0.499. The molecular formula is C15H13ClN6. The van der Waals surface area contributed by atoms with Gasteiger partial charge in [0, 0.05) is 12.6 Å². The SMILES string of the molecule is Clc1ccccc1N/N=C/Cc1nnnn1-c1ccccc1. The molecule has 2 aromatic carbocycles. The van der Waals surface area contributed by atoms with E-state index >= 15 is 0 Å². The Hall–Kier alpha value is -2.73. The molecule has 0 atom stereocenters. The van der Waals surface area contributed by atoms with Crippen LogP contribution in [-0.2, 0) is 6.42 Å². The highest BCUT2D eigenvalue weighted by molar-refractivity contribution is 6.33. The first-order chi connectivity index (χ1) is 10.8. The summed E-state index contributed by atoms with van der Waals surface area (Å²) in [4.78, 5) is 0. The molecule has 0 unspecified atom stereocenters. The molecule has 1 N–H and O–H groups in total. The normalized spacial score (nSPS) is 11.0. The number of benzene rings is 2. The summed E-state index contributed by atoms with van der Waals surface area (Å²) in [5, 5.41) is 16.5. The summed E-state index contributed by atoms with van der Waals surface area (Å²) in [6, 6.07) is 17.1. The zero-order valence-corrected chi connectivity index (χ0v) is 12.4. The molecule has 0 radical (unpaired) electrons. The molecule has 0 aliphatic carbocycles. The van der Waals surface area contributed by atoms with E-state index in [-0.39, 0.29) is 0 Å². The Bertz CT molecular complexity index is 768. The molecule has 3 rings (SSSR count). The average molecular weight is 313 g/mol. The van der Waals surface area contributed by atoms with Crippen molar-refractivity contribution in [3.63, 3.8) is 0 Å². The Morgan fingerprint density at radius 3 is 2.68 bits per heavy atom. The maximum atomic E-state index is 6.04. The number of nitrogens with zero attached hydrogens (tertiary/aromatic N) is 5. The molecule has 1 aromatic heterocycles. The molecular weight excluding hydrogens is 300 g/mol. The van der Waals surface area contributed by atoms with Crippen molar-refractivity contribution in [3.05, 3.63) is 65.4 Å². The largest absolute Gasteiger partial charge is 0.277 e. The molecule has 7 heteroatoms. The summed E-state index contributed by atoms with van der Waals surface area (Å²) >= 11 is 6.04. The second-order valence-corrected chi connectivity index (χ2v) is 4.86. The van der Waals surface area contributed by atoms with Gasteiger partial charge in [0.1, 0.15) is 0 Å². The van der Waals surface area contributed by atoms with Gasteiger partial charge in [0.25, 0.3) is 0 Å². The van der Waals surface area contributed by atoms with E-state index in [9.17, 15) is 0 Å². The van der Waals surface area contributed by atoms with Gasteiger partial charge in [0.15, 0.2) is 5.82 Å². The van der Waals surface area contributed by atoms with Crippen LogP contribution in [0.4, 0.5) is 5.69 Å². The van der Waals surface area contributed by atoms with E-state index < -0.39 is 0 Å². The Morgan fingerprint density at radius 1 is 1.09 bits per heavy atom. The lowest BCUT2D eigenvalue weighted by Gasteiger charge is -2.03. The summed E-state index contributed by atoms with van der Waals surface area (Å²) in [5.74, 6) is 0.705. The molecule has 6 nitrogen and oxygen atoms in total. The quantitative estimate of drug-likeness (QED) is 0.581. The highest BCUT2D eigenvalue weighted by atomic mass is 35.5. The van der Waals surface area contributed by atoms with E-state index in [4.69, 9.17) is 11.6 Å². The van der Waals surface area contributed by atoms with Crippen LogP contribution in [0.25, 0.3) is 5.69 Å². The molecule has 0 aliphatic heterocycles. The Labute approximate surface area is 132 Å². The van der Waals surface area contributed by atoms with Crippen LogP contribution in [0, 0.1) is 0 Å². The Balaban J connectivity index is 1.67. The number of rotatable bonds is 5. The van der Waals surface area contributed by atoms with E-state index in [1.165, 1.54) is 0 Å². The Morgan fingerprint density at radius 2 is 1.86 bits per heavy atom. The fourth-order valence-electron chi connectivity index (χ4n) is 1.90. The molecule has 0 saturated carbocycles. The van der Waals surface area contributed by atoms with Crippen molar-refractivity contribution in [2.45, 2.75) is 6.42 Å². The number of hydrogen-bond acceptors (Lipinski definition) is 5.